The number of H-pyrrole nitrogens is 1. The fraction of sp³-hybridized carbons (Fsp3) is 0.320. The number of anilines is 3. The quantitative estimate of drug-likeness (QED) is 0.348. The fourth-order valence-electron chi connectivity index (χ4n) is 4.30. The molecule has 1 saturated heterocycles. The zero-order valence-corrected chi connectivity index (χ0v) is 19.5. The van der Waals surface area contributed by atoms with Crippen molar-refractivity contribution < 1.29 is 10.2 Å². The zero-order valence-electron chi connectivity index (χ0n) is 19.5. The minimum atomic E-state index is -0.112. The molecule has 6 rings (SSSR count). The van der Waals surface area contributed by atoms with Gasteiger partial charge in [0.05, 0.1) is 12.2 Å². The summed E-state index contributed by atoms with van der Waals surface area (Å²) in [5, 5.41) is 28.3. The third kappa shape index (κ3) is 4.52. The van der Waals surface area contributed by atoms with Gasteiger partial charge in [0.2, 0.25) is 0 Å². The molecule has 0 spiro atoms. The molecule has 4 heterocycles. The van der Waals surface area contributed by atoms with Crippen molar-refractivity contribution in [3.8, 4) is 11.8 Å². The van der Waals surface area contributed by atoms with Crippen molar-refractivity contribution in [2.24, 2.45) is 4.99 Å². The number of likely N-dealkylation sites (N-methyl/N-ethyl adjacent to an activating group) is 1. The van der Waals surface area contributed by atoms with Gasteiger partial charge in [-0.25, -0.2) is 4.98 Å². The van der Waals surface area contributed by atoms with E-state index >= 15 is 0 Å². The Morgan fingerprint density at radius 2 is 1.86 bits per heavy atom. The highest BCUT2D eigenvalue weighted by molar-refractivity contribution is 5.64. The fourth-order valence-corrected chi connectivity index (χ4v) is 4.30. The Morgan fingerprint density at radius 3 is 2.54 bits per heavy atom. The number of nitrogens with zero attached hydrogens (tertiary/aromatic N) is 6. The molecule has 1 saturated carbocycles. The second-order valence-corrected chi connectivity index (χ2v) is 9.26. The van der Waals surface area contributed by atoms with Gasteiger partial charge in [0.25, 0.3) is 0 Å². The van der Waals surface area contributed by atoms with Crippen LogP contribution in [0.15, 0.2) is 47.6 Å². The van der Waals surface area contributed by atoms with E-state index < -0.39 is 0 Å². The van der Waals surface area contributed by atoms with Crippen LogP contribution in [0.4, 0.5) is 17.2 Å². The van der Waals surface area contributed by atoms with Crippen LogP contribution in [0.5, 0.6) is 11.8 Å². The van der Waals surface area contributed by atoms with Crippen molar-refractivity contribution in [1.29, 1.82) is 0 Å². The second-order valence-electron chi connectivity index (χ2n) is 9.26. The largest absolute Gasteiger partial charge is 0.494 e. The summed E-state index contributed by atoms with van der Waals surface area (Å²) in [5.74, 6) is 0.449. The van der Waals surface area contributed by atoms with Gasteiger partial charge in [0.1, 0.15) is 5.82 Å². The Morgan fingerprint density at radius 1 is 1.09 bits per heavy atom. The number of nitrogens with one attached hydrogen (secondary N) is 2. The van der Waals surface area contributed by atoms with Gasteiger partial charge in [0.15, 0.2) is 22.9 Å². The smallest absolute Gasteiger partial charge is 0.198 e. The van der Waals surface area contributed by atoms with Crippen LogP contribution in [0.3, 0.4) is 0 Å². The molecular formula is C25H28N8O2. The first kappa shape index (κ1) is 21.5. The van der Waals surface area contributed by atoms with Crippen molar-refractivity contribution in [1.82, 2.24) is 24.5 Å². The summed E-state index contributed by atoms with van der Waals surface area (Å²) in [4.78, 5) is 16.9. The zero-order chi connectivity index (χ0) is 23.9. The average molecular weight is 473 g/mol. The number of benzene rings is 1. The van der Waals surface area contributed by atoms with Crippen molar-refractivity contribution in [2.45, 2.75) is 18.9 Å². The molecule has 0 amide bonds. The van der Waals surface area contributed by atoms with Gasteiger partial charge in [-0.1, -0.05) is 0 Å². The van der Waals surface area contributed by atoms with E-state index in [-0.39, 0.29) is 11.8 Å². The Bertz CT molecular complexity index is 1480. The van der Waals surface area contributed by atoms with Gasteiger partial charge >= 0.3 is 0 Å². The molecule has 2 aliphatic rings. The normalized spacial score (nSPS) is 18.0. The lowest BCUT2D eigenvalue weighted by atomic mass is 10.2. The maximum absolute atomic E-state index is 10.0. The first-order valence-corrected chi connectivity index (χ1v) is 11.9. The van der Waals surface area contributed by atoms with Crippen LogP contribution < -0.4 is 20.9 Å². The maximum Gasteiger partial charge on any atom is 0.198 e. The molecule has 0 atom stereocenters. The van der Waals surface area contributed by atoms with Crippen molar-refractivity contribution >= 4 is 28.9 Å². The van der Waals surface area contributed by atoms with Crippen LogP contribution in [-0.4, -0.2) is 74.0 Å². The Balaban J connectivity index is 1.34. The lowest BCUT2D eigenvalue weighted by molar-refractivity contribution is 0.313. The van der Waals surface area contributed by atoms with Crippen molar-refractivity contribution in [3.05, 3.63) is 58.9 Å². The summed E-state index contributed by atoms with van der Waals surface area (Å²) < 4.78 is 1.72. The second kappa shape index (κ2) is 8.62. The molecule has 35 heavy (non-hydrogen) atoms. The number of aromatic hydroxyl groups is 2. The number of aromatic nitrogens is 4. The van der Waals surface area contributed by atoms with Gasteiger partial charge in [0, 0.05) is 60.5 Å². The number of hydrogen-bond donors (Lipinski definition) is 4. The predicted octanol–water partition coefficient (Wildman–Crippen LogP) is 1.57. The first-order chi connectivity index (χ1) is 17.0. The van der Waals surface area contributed by atoms with E-state index in [0.29, 0.717) is 28.3 Å². The minimum Gasteiger partial charge on any atom is -0.494 e. The van der Waals surface area contributed by atoms with Crippen molar-refractivity contribution in [3.63, 3.8) is 0 Å². The molecule has 0 unspecified atom stereocenters. The monoisotopic (exact) mass is 472 g/mol. The molecule has 0 radical (unpaired) electrons. The summed E-state index contributed by atoms with van der Waals surface area (Å²) in [6.07, 6.45) is 5.58. The van der Waals surface area contributed by atoms with E-state index in [1.807, 2.05) is 6.07 Å². The molecule has 1 aliphatic heterocycles. The topological polar surface area (TPSA) is 117 Å². The van der Waals surface area contributed by atoms with Crippen LogP contribution in [0, 0.1) is 0 Å². The van der Waals surface area contributed by atoms with Gasteiger partial charge < -0.3 is 25.3 Å². The van der Waals surface area contributed by atoms with Crippen LogP contribution in [-0.2, 0) is 0 Å². The summed E-state index contributed by atoms with van der Waals surface area (Å²) in [6, 6.07) is 12.1. The molecule has 4 aromatic rings. The third-order valence-electron chi connectivity index (χ3n) is 6.47. The SMILES string of the molecule is CN1CCN(c2ccc(Nc3cc(=NC4CC4)n4ncc(=Cc5cc(O)[nH]c5O)c4n3)cc2)CC1. The van der Waals surface area contributed by atoms with E-state index in [0.717, 1.165) is 50.2 Å². The molecule has 1 aliphatic carbocycles. The van der Waals surface area contributed by atoms with Gasteiger partial charge in [-0.3, -0.25) is 9.98 Å². The van der Waals surface area contributed by atoms with Crippen LogP contribution in [0.25, 0.3) is 11.7 Å². The average Bonchev–Trinajstić information content (AvgIpc) is 3.48. The Hall–Kier alpha value is -4.05. The highest BCUT2D eigenvalue weighted by atomic mass is 16.3. The minimum absolute atomic E-state index is 0.106. The molecule has 4 N–H and O–H groups in total. The van der Waals surface area contributed by atoms with E-state index in [4.69, 9.17) is 9.98 Å². The summed E-state index contributed by atoms with van der Waals surface area (Å²) in [7, 11) is 2.16. The third-order valence-corrected chi connectivity index (χ3v) is 6.47. The molecular weight excluding hydrogens is 444 g/mol. The number of hydrogen-bond acceptors (Lipinski definition) is 8. The molecule has 3 aromatic heterocycles. The summed E-state index contributed by atoms with van der Waals surface area (Å²) in [5.41, 5.74) is 3.96. The maximum atomic E-state index is 10.0. The Kier molecular flexibility index (Phi) is 5.29. The van der Waals surface area contributed by atoms with E-state index in [9.17, 15) is 10.2 Å². The van der Waals surface area contributed by atoms with Crippen LogP contribution >= 0.6 is 0 Å². The lowest BCUT2D eigenvalue weighted by Crippen LogP contribution is -2.44. The van der Waals surface area contributed by atoms with E-state index in [1.165, 1.54) is 11.8 Å². The Labute approximate surface area is 201 Å². The van der Waals surface area contributed by atoms with Gasteiger partial charge in [-0.2, -0.15) is 9.61 Å². The highest BCUT2D eigenvalue weighted by Crippen LogP contribution is 2.24. The van der Waals surface area contributed by atoms with Crippen LogP contribution in [0.1, 0.15) is 18.4 Å². The van der Waals surface area contributed by atoms with Crippen molar-refractivity contribution in [2.75, 3.05) is 43.4 Å². The predicted molar refractivity (Wildman–Crippen MR) is 134 cm³/mol. The molecule has 1 aromatic carbocycles. The molecule has 10 nitrogen and oxygen atoms in total. The number of fused-ring (bicyclic) bond motifs is 1. The molecule has 0 bridgehead atoms. The molecule has 180 valence electrons. The highest BCUT2D eigenvalue weighted by Gasteiger charge is 2.20. The van der Waals surface area contributed by atoms with Crippen LogP contribution in [0.2, 0.25) is 0 Å². The lowest BCUT2D eigenvalue weighted by Gasteiger charge is -2.34. The van der Waals surface area contributed by atoms with E-state index in [1.54, 1.807) is 16.8 Å². The summed E-state index contributed by atoms with van der Waals surface area (Å²) >= 11 is 0. The molecule has 10 heteroatoms. The van der Waals surface area contributed by atoms with Gasteiger partial charge in [-0.05, 0) is 50.2 Å². The number of piperazine rings is 1. The van der Waals surface area contributed by atoms with E-state index in [2.05, 4.69) is 56.5 Å². The first-order valence-electron chi connectivity index (χ1n) is 11.9. The summed E-state index contributed by atoms with van der Waals surface area (Å²) in [6.45, 7) is 4.20. The molecule has 2 fully saturated rings. The number of aromatic amines is 1. The van der Waals surface area contributed by atoms with Gasteiger partial charge in [-0.15, -0.1) is 0 Å². The standard InChI is InChI=1S/C25H28N8O2/c1-31-8-10-32(11-9-31)20-6-4-18(5-7-20)27-21-14-22(28-19-2-3-19)33-24(29-21)17(15-26-33)12-16-13-23(34)30-25(16)35/h4-7,12-15,19,27,30,34-35H,2-3,8-11H2,1H3. The number of rotatable bonds is 5.